The Hall–Kier alpha value is -1.10. The highest BCUT2D eigenvalue weighted by Gasteiger charge is 2.49. The molecule has 1 amide bonds. The van der Waals surface area contributed by atoms with Gasteiger partial charge in [0.05, 0.1) is 6.04 Å². The van der Waals surface area contributed by atoms with Crippen molar-refractivity contribution in [1.29, 1.82) is 0 Å². The quantitative estimate of drug-likeness (QED) is 0.704. The first-order chi connectivity index (χ1) is 7.56. The van der Waals surface area contributed by atoms with Gasteiger partial charge in [-0.2, -0.15) is 0 Å². The highest BCUT2D eigenvalue weighted by Crippen LogP contribution is 2.38. The molecule has 90 valence electrons. The zero-order valence-corrected chi connectivity index (χ0v) is 9.43. The van der Waals surface area contributed by atoms with Gasteiger partial charge in [-0.05, 0) is 25.2 Å². The minimum absolute atomic E-state index is 0.0957. The van der Waals surface area contributed by atoms with E-state index in [1.807, 2.05) is 6.92 Å². The fourth-order valence-electron chi connectivity index (χ4n) is 3.03. The largest absolute Gasteiger partial charge is 0.480 e. The van der Waals surface area contributed by atoms with Crippen molar-refractivity contribution in [3.8, 4) is 0 Å². The van der Waals surface area contributed by atoms with Crippen molar-refractivity contribution in [3.05, 3.63) is 0 Å². The number of carboxylic acids is 1. The molecule has 3 N–H and O–H groups in total. The van der Waals surface area contributed by atoms with Gasteiger partial charge in [-0.15, -0.1) is 0 Å². The van der Waals surface area contributed by atoms with Gasteiger partial charge in [0.15, 0.2) is 0 Å². The molecule has 0 radical (unpaired) electrons. The number of nitrogens with two attached hydrogens (primary N) is 1. The van der Waals surface area contributed by atoms with E-state index in [1.54, 1.807) is 0 Å². The van der Waals surface area contributed by atoms with Crippen molar-refractivity contribution < 1.29 is 14.7 Å². The third-order valence-corrected chi connectivity index (χ3v) is 3.92. The van der Waals surface area contributed by atoms with Gasteiger partial charge < -0.3 is 15.7 Å². The normalized spacial score (nSPS) is 38.6. The zero-order valence-electron chi connectivity index (χ0n) is 9.43. The molecule has 0 saturated carbocycles. The third-order valence-electron chi connectivity index (χ3n) is 3.92. The maximum atomic E-state index is 11.9. The minimum Gasteiger partial charge on any atom is -0.480 e. The van der Waals surface area contributed by atoms with Gasteiger partial charge in [0.2, 0.25) is 5.91 Å². The second kappa shape index (κ2) is 4.05. The molecule has 2 fully saturated rings. The summed E-state index contributed by atoms with van der Waals surface area (Å²) in [7, 11) is 0. The second-order valence-corrected chi connectivity index (χ2v) is 4.75. The van der Waals surface area contributed by atoms with Crippen LogP contribution in [0.1, 0.15) is 32.6 Å². The van der Waals surface area contributed by atoms with Gasteiger partial charge >= 0.3 is 5.97 Å². The number of hydrogen-bond donors (Lipinski definition) is 2. The number of carbonyl (C=O) groups is 2. The van der Waals surface area contributed by atoms with Crippen molar-refractivity contribution in [2.45, 2.75) is 50.7 Å². The van der Waals surface area contributed by atoms with Gasteiger partial charge in [0.1, 0.15) is 6.04 Å². The summed E-state index contributed by atoms with van der Waals surface area (Å²) in [5.41, 5.74) is 5.70. The maximum Gasteiger partial charge on any atom is 0.326 e. The van der Waals surface area contributed by atoms with Gasteiger partial charge in [0, 0.05) is 6.04 Å². The standard InChI is InChI=1S/C11H18N2O3/c1-2-6-5-9(11(15)16)13-8(6)4-3-7(12)10(13)14/h6-9H,2-5,12H2,1H3,(H,15,16). The summed E-state index contributed by atoms with van der Waals surface area (Å²) >= 11 is 0. The van der Waals surface area contributed by atoms with E-state index in [0.29, 0.717) is 18.8 Å². The number of aliphatic carboxylic acids is 1. The number of rotatable bonds is 2. The molecule has 0 aromatic rings. The Morgan fingerprint density at radius 2 is 2.25 bits per heavy atom. The van der Waals surface area contributed by atoms with Gasteiger partial charge in [-0.1, -0.05) is 13.3 Å². The molecular formula is C11H18N2O3. The van der Waals surface area contributed by atoms with Crippen molar-refractivity contribution in [2.24, 2.45) is 11.7 Å². The topological polar surface area (TPSA) is 83.6 Å². The number of nitrogens with zero attached hydrogens (tertiary/aromatic N) is 1. The van der Waals surface area contributed by atoms with E-state index >= 15 is 0 Å². The molecule has 2 aliphatic rings. The number of amides is 1. The van der Waals surface area contributed by atoms with Gasteiger partial charge in [-0.25, -0.2) is 4.79 Å². The summed E-state index contributed by atoms with van der Waals surface area (Å²) < 4.78 is 0. The van der Waals surface area contributed by atoms with Crippen molar-refractivity contribution in [2.75, 3.05) is 0 Å². The minimum atomic E-state index is -0.900. The van der Waals surface area contributed by atoms with Crippen LogP contribution in [0.3, 0.4) is 0 Å². The molecule has 4 unspecified atom stereocenters. The Morgan fingerprint density at radius 1 is 1.56 bits per heavy atom. The van der Waals surface area contributed by atoms with Crippen molar-refractivity contribution in [3.63, 3.8) is 0 Å². The van der Waals surface area contributed by atoms with Crippen LogP contribution in [-0.4, -0.2) is 40.0 Å². The Morgan fingerprint density at radius 3 is 2.81 bits per heavy atom. The number of carbonyl (C=O) groups excluding carboxylic acids is 1. The summed E-state index contributed by atoms with van der Waals surface area (Å²) in [5.74, 6) is -0.763. The molecule has 0 aromatic carbocycles. The lowest BCUT2D eigenvalue weighted by Gasteiger charge is -2.36. The Kier molecular flexibility index (Phi) is 2.88. The van der Waals surface area contributed by atoms with Crippen LogP contribution in [0.2, 0.25) is 0 Å². The van der Waals surface area contributed by atoms with Crippen LogP contribution < -0.4 is 5.73 Å². The molecule has 0 aliphatic carbocycles. The van der Waals surface area contributed by atoms with E-state index in [-0.39, 0.29) is 11.9 Å². The number of fused-ring (bicyclic) bond motifs is 1. The molecule has 5 heteroatoms. The van der Waals surface area contributed by atoms with E-state index in [0.717, 1.165) is 12.8 Å². The molecule has 0 spiro atoms. The molecule has 0 aromatic heterocycles. The van der Waals surface area contributed by atoms with Crippen LogP contribution >= 0.6 is 0 Å². The van der Waals surface area contributed by atoms with Gasteiger partial charge in [-0.3, -0.25) is 4.79 Å². The average Bonchev–Trinajstić information content (AvgIpc) is 2.62. The van der Waals surface area contributed by atoms with E-state index in [2.05, 4.69) is 0 Å². The molecule has 16 heavy (non-hydrogen) atoms. The molecule has 2 saturated heterocycles. The third kappa shape index (κ3) is 1.59. The predicted molar refractivity (Wildman–Crippen MR) is 57.7 cm³/mol. The molecule has 5 nitrogen and oxygen atoms in total. The van der Waals surface area contributed by atoms with Crippen molar-refractivity contribution >= 4 is 11.9 Å². The lowest BCUT2D eigenvalue weighted by molar-refractivity contribution is -0.152. The lowest BCUT2D eigenvalue weighted by Crippen LogP contribution is -2.55. The summed E-state index contributed by atoms with van der Waals surface area (Å²) in [4.78, 5) is 24.6. The molecular weight excluding hydrogens is 208 g/mol. The summed E-state index contributed by atoms with van der Waals surface area (Å²) in [5, 5.41) is 9.13. The second-order valence-electron chi connectivity index (χ2n) is 4.75. The van der Waals surface area contributed by atoms with Crippen LogP contribution in [0.15, 0.2) is 0 Å². The van der Waals surface area contributed by atoms with E-state index in [4.69, 9.17) is 10.8 Å². The van der Waals surface area contributed by atoms with Crippen LogP contribution in [0.5, 0.6) is 0 Å². The first-order valence-electron chi connectivity index (χ1n) is 5.86. The molecule has 2 heterocycles. The molecule has 2 aliphatic heterocycles. The van der Waals surface area contributed by atoms with E-state index in [9.17, 15) is 9.59 Å². The molecule has 4 atom stereocenters. The Bertz CT molecular complexity index is 318. The van der Waals surface area contributed by atoms with Crippen LogP contribution in [0, 0.1) is 5.92 Å². The van der Waals surface area contributed by atoms with E-state index in [1.165, 1.54) is 4.90 Å². The monoisotopic (exact) mass is 226 g/mol. The van der Waals surface area contributed by atoms with Gasteiger partial charge in [0.25, 0.3) is 0 Å². The van der Waals surface area contributed by atoms with Crippen molar-refractivity contribution in [1.82, 2.24) is 4.90 Å². The van der Waals surface area contributed by atoms with Crippen LogP contribution in [0.25, 0.3) is 0 Å². The summed E-state index contributed by atoms with van der Waals surface area (Å²) in [6.45, 7) is 2.05. The maximum absolute atomic E-state index is 11.9. The first kappa shape index (κ1) is 11.4. The van der Waals surface area contributed by atoms with Crippen LogP contribution in [0.4, 0.5) is 0 Å². The Labute approximate surface area is 94.6 Å². The fourth-order valence-corrected chi connectivity index (χ4v) is 3.03. The zero-order chi connectivity index (χ0) is 11.9. The highest BCUT2D eigenvalue weighted by molar-refractivity contribution is 5.88. The number of piperidine rings is 1. The highest BCUT2D eigenvalue weighted by atomic mass is 16.4. The SMILES string of the molecule is CCC1CC(C(=O)O)N2C(=O)C(N)CCC12. The molecule has 0 bridgehead atoms. The fraction of sp³-hybridized carbons (Fsp3) is 0.818. The number of carboxylic acid groups (broad SMARTS) is 1. The smallest absolute Gasteiger partial charge is 0.326 e. The predicted octanol–water partition coefficient (Wildman–Crippen LogP) is 0.188. The first-order valence-corrected chi connectivity index (χ1v) is 5.86. The average molecular weight is 226 g/mol. The molecule has 2 rings (SSSR count). The Balaban J connectivity index is 2.26. The van der Waals surface area contributed by atoms with E-state index < -0.39 is 18.1 Å². The lowest BCUT2D eigenvalue weighted by atomic mass is 9.89. The van der Waals surface area contributed by atoms with Crippen LogP contribution in [-0.2, 0) is 9.59 Å². The number of hydrogen-bond acceptors (Lipinski definition) is 3. The summed E-state index contributed by atoms with van der Waals surface area (Å²) in [6.07, 6.45) is 3.03. The summed E-state index contributed by atoms with van der Waals surface area (Å²) in [6, 6.07) is -1.07.